The zero-order valence-corrected chi connectivity index (χ0v) is 15.7. The van der Waals surface area contributed by atoms with Gasteiger partial charge in [0.1, 0.15) is 23.3 Å². The number of ether oxygens (including phenoxy) is 1. The summed E-state index contributed by atoms with van der Waals surface area (Å²) in [4.78, 5) is 16.4. The summed E-state index contributed by atoms with van der Waals surface area (Å²) in [6, 6.07) is 11.0. The predicted octanol–water partition coefficient (Wildman–Crippen LogP) is 3.26. The molecule has 2 rings (SSSR count). The lowest BCUT2D eigenvalue weighted by atomic mass is 10.2. The van der Waals surface area contributed by atoms with Crippen molar-refractivity contribution < 1.29 is 9.53 Å². The number of halogens is 1. The van der Waals surface area contributed by atoms with Gasteiger partial charge in [-0.3, -0.25) is 4.79 Å². The lowest BCUT2D eigenvalue weighted by Gasteiger charge is -2.10. The molecule has 0 aliphatic carbocycles. The molecule has 0 saturated carbocycles. The number of pyridine rings is 1. The van der Waals surface area contributed by atoms with Crippen molar-refractivity contribution in [3.8, 4) is 11.8 Å². The van der Waals surface area contributed by atoms with Crippen LogP contribution in [0, 0.1) is 18.3 Å². The third-order valence-electron chi connectivity index (χ3n) is 3.57. The normalized spacial score (nSPS) is 10.0. The Morgan fingerprint density at radius 3 is 2.84 bits per heavy atom. The third-order valence-corrected chi connectivity index (χ3v) is 4.26. The Morgan fingerprint density at radius 2 is 2.12 bits per heavy atom. The highest BCUT2D eigenvalue weighted by Crippen LogP contribution is 2.22. The number of aryl methyl sites for hydroxylation is 1. The molecule has 0 radical (unpaired) electrons. The summed E-state index contributed by atoms with van der Waals surface area (Å²) in [7, 11) is 1.56. The van der Waals surface area contributed by atoms with Crippen molar-refractivity contribution in [2.45, 2.75) is 13.3 Å². The molecule has 1 amide bonds. The van der Waals surface area contributed by atoms with E-state index in [1.54, 1.807) is 25.3 Å². The standard InChI is InChI=1S/C18H19BrN4O2/c1-12-4-7-17(23-16(12)11-20)21-8-3-9-22-18(24)14-10-13(25-2)5-6-15(14)19/h4-7,10H,3,8-9H2,1-2H3,(H,21,23)(H,22,24). The molecule has 0 spiro atoms. The number of hydrogen-bond donors (Lipinski definition) is 2. The molecule has 6 nitrogen and oxygen atoms in total. The van der Waals surface area contributed by atoms with Crippen LogP contribution in [0.4, 0.5) is 5.82 Å². The van der Waals surface area contributed by atoms with Crippen molar-refractivity contribution in [3.05, 3.63) is 51.6 Å². The second kappa shape index (κ2) is 9.04. The van der Waals surface area contributed by atoms with E-state index in [0.29, 0.717) is 35.9 Å². The number of amides is 1. The second-order valence-corrected chi connectivity index (χ2v) is 6.21. The van der Waals surface area contributed by atoms with Crippen LogP contribution in [0.3, 0.4) is 0 Å². The second-order valence-electron chi connectivity index (χ2n) is 5.36. The van der Waals surface area contributed by atoms with Gasteiger partial charge in [-0.25, -0.2) is 4.98 Å². The van der Waals surface area contributed by atoms with Gasteiger partial charge in [-0.2, -0.15) is 5.26 Å². The van der Waals surface area contributed by atoms with Crippen LogP contribution in [-0.4, -0.2) is 31.1 Å². The Kier molecular flexibility index (Phi) is 6.78. The quantitative estimate of drug-likeness (QED) is 0.693. The van der Waals surface area contributed by atoms with E-state index in [2.05, 4.69) is 37.6 Å². The molecule has 1 aromatic heterocycles. The molecular weight excluding hydrogens is 384 g/mol. The average molecular weight is 403 g/mol. The zero-order valence-electron chi connectivity index (χ0n) is 14.1. The third kappa shape index (κ3) is 5.19. The molecule has 0 aliphatic heterocycles. The number of hydrogen-bond acceptors (Lipinski definition) is 5. The first-order chi connectivity index (χ1) is 12.0. The van der Waals surface area contributed by atoms with Gasteiger partial charge in [-0.15, -0.1) is 0 Å². The minimum Gasteiger partial charge on any atom is -0.497 e. The van der Waals surface area contributed by atoms with Gasteiger partial charge in [0, 0.05) is 17.6 Å². The van der Waals surface area contributed by atoms with Crippen molar-refractivity contribution >= 4 is 27.7 Å². The Labute approximate surface area is 155 Å². The molecule has 7 heteroatoms. The van der Waals surface area contributed by atoms with Crippen molar-refractivity contribution in [1.82, 2.24) is 10.3 Å². The summed E-state index contributed by atoms with van der Waals surface area (Å²) < 4.78 is 5.86. The highest BCUT2D eigenvalue weighted by molar-refractivity contribution is 9.10. The van der Waals surface area contributed by atoms with Gasteiger partial charge in [0.15, 0.2) is 0 Å². The maximum atomic E-state index is 12.2. The van der Waals surface area contributed by atoms with Crippen molar-refractivity contribution in [2.24, 2.45) is 0 Å². The summed E-state index contributed by atoms with van der Waals surface area (Å²) in [5.74, 6) is 1.13. The topological polar surface area (TPSA) is 87.0 Å². The summed E-state index contributed by atoms with van der Waals surface area (Å²) in [5, 5.41) is 15.0. The van der Waals surface area contributed by atoms with E-state index in [4.69, 9.17) is 10.00 Å². The highest BCUT2D eigenvalue weighted by Gasteiger charge is 2.10. The van der Waals surface area contributed by atoms with Crippen LogP contribution >= 0.6 is 15.9 Å². The molecule has 0 unspecified atom stereocenters. The molecule has 0 bridgehead atoms. The van der Waals surface area contributed by atoms with Gasteiger partial charge in [-0.1, -0.05) is 6.07 Å². The van der Waals surface area contributed by atoms with Crippen molar-refractivity contribution in [3.63, 3.8) is 0 Å². The van der Waals surface area contributed by atoms with Crippen LogP contribution in [0.15, 0.2) is 34.8 Å². The number of nitrogens with zero attached hydrogens (tertiary/aromatic N) is 2. The molecular formula is C18H19BrN4O2. The fraction of sp³-hybridized carbons (Fsp3) is 0.278. The van der Waals surface area contributed by atoms with Crippen LogP contribution < -0.4 is 15.4 Å². The van der Waals surface area contributed by atoms with E-state index in [1.165, 1.54) is 0 Å². The van der Waals surface area contributed by atoms with E-state index in [9.17, 15) is 4.79 Å². The lowest BCUT2D eigenvalue weighted by Crippen LogP contribution is -2.26. The van der Waals surface area contributed by atoms with Crippen LogP contribution in [0.25, 0.3) is 0 Å². The Balaban J connectivity index is 1.80. The number of nitriles is 1. The van der Waals surface area contributed by atoms with Crippen LogP contribution in [0.2, 0.25) is 0 Å². The number of anilines is 1. The maximum absolute atomic E-state index is 12.2. The first-order valence-electron chi connectivity index (χ1n) is 7.78. The van der Waals surface area contributed by atoms with Crippen LogP contribution in [0.1, 0.15) is 28.0 Å². The molecule has 1 aromatic carbocycles. The minimum atomic E-state index is -0.161. The van der Waals surface area contributed by atoms with Gasteiger partial charge in [-0.05, 0) is 59.1 Å². The summed E-state index contributed by atoms with van der Waals surface area (Å²) in [6.45, 7) is 3.01. The first kappa shape index (κ1) is 18.7. The number of aromatic nitrogens is 1. The number of carbonyl (C=O) groups is 1. The SMILES string of the molecule is COc1ccc(Br)c(C(=O)NCCCNc2ccc(C)c(C#N)n2)c1. The molecule has 25 heavy (non-hydrogen) atoms. The minimum absolute atomic E-state index is 0.161. The molecule has 0 saturated heterocycles. The first-order valence-corrected chi connectivity index (χ1v) is 8.58. The molecule has 0 atom stereocenters. The van der Waals surface area contributed by atoms with Gasteiger partial charge in [0.05, 0.1) is 12.7 Å². The van der Waals surface area contributed by atoms with Crippen LogP contribution in [0.5, 0.6) is 5.75 Å². The van der Waals surface area contributed by atoms with E-state index in [-0.39, 0.29) is 5.91 Å². The van der Waals surface area contributed by atoms with E-state index in [1.807, 2.05) is 19.1 Å². The summed E-state index contributed by atoms with van der Waals surface area (Å²) >= 11 is 3.37. The number of nitrogens with one attached hydrogen (secondary N) is 2. The van der Waals surface area contributed by atoms with E-state index >= 15 is 0 Å². The van der Waals surface area contributed by atoms with E-state index in [0.717, 1.165) is 16.5 Å². The molecule has 130 valence electrons. The van der Waals surface area contributed by atoms with Crippen molar-refractivity contribution in [1.29, 1.82) is 5.26 Å². The molecule has 0 aliphatic rings. The monoisotopic (exact) mass is 402 g/mol. The predicted molar refractivity (Wildman–Crippen MR) is 99.8 cm³/mol. The number of carbonyl (C=O) groups excluding carboxylic acids is 1. The van der Waals surface area contributed by atoms with Gasteiger partial charge in [0.2, 0.25) is 0 Å². The van der Waals surface area contributed by atoms with Gasteiger partial charge >= 0.3 is 0 Å². The number of rotatable bonds is 7. The average Bonchev–Trinajstić information content (AvgIpc) is 2.63. The Hall–Kier alpha value is -2.59. The molecule has 1 heterocycles. The highest BCUT2D eigenvalue weighted by atomic mass is 79.9. The largest absolute Gasteiger partial charge is 0.497 e. The number of benzene rings is 1. The van der Waals surface area contributed by atoms with E-state index < -0.39 is 0 Å². The Morgan fingerprint density at radius 1 is 1.32 bits per heavy atom. The molecule has 0 fully saturated rings. The maximum Gasteiger partial charge on any atom is 0.252 e. The molecule has 2 N–H and O–H groups in total. The van der Waals surface area contributed by atoms with Crippen LogP contribution in [-0.2, 0) is 0 Å². The lowest BCUT2D eigenvalue weighted by molar-refractivity contribution is 0.0952. The summed E-state index contributed by atoms with van der Waals surface area (Å²) in [6.07, 6.45) is 0.727. The zero-order chi connectivity index (χ0) is 18.2. The fourth-order valence-corrected chi connectivity index (χ4v) is 2.57. The molecule has 2 aromatic rings. The number of methoxy groups -OCH3 is 1. The smallest absolute Gasteiger partial charge is 0.252 e. The van der Waals surface area contributed by atoms with Crippen molar-refractivity contribution in [2.75, 3.05) is 25.5 Å². The fourth-order valence-electron chi connectivity index (χ4n) is 2.15. The summed E-state index contributed by atoms with van der Waals surface area (Å²) in [5.41, 5.74) is 1.80. The van der Waals surface area contributed by atoms with Gasteiger partial charge < -0.3 is 15.4 Å². The van der Waals surface area contributed by atoms with Gasteiger partial charge in [0.25, 0.3) is 5.91 Å². The Bertz CT molecular complexity index is 802.